The molecule has 1 aliphatic heterocycles. The molecule has 5 heteroatoms. The monoisotopic (exact) mass is 354 g/mol. The van der Waals surface area contributed by atoms with Crippen LogP contribution in [0, 0.1) is 6.92 Å². The lowest BCUT2D eigenvalue weighted by Gasteiger charge is -2.18. The Morgan fingerprint density at radius 3 is 2.77 bits per heavy atom. The maximum absolute atomic E-state index is 12.8. The Morgan fingerprint density at radius 1 is 1.19 bits per heavy atom. The summed E-state index contributed by atoms with van der Waals surface area (Å²) in [5, 5.41) is 3.28. The molecule has 26 heavy (non-hydrogen) atoms. The summed E-state index contributed by atoms with van der Waals surface area (Å²) >= 11 is 0. The summed E-state index contributed by atoms with van der Waals surface area (Å²) in [6.45, 7) is 3.39. The Labute approximate surface area is 154 Å². The number of ether oxygens (including phenoxy) is 2. The van der Waals surface area contributed by atoms with Gasteiger partial charge in [0.15, 0.2) is 6.29 Å². The molecule has 0 radical (unpaired) electrons. The number of methoxy groups -OCH3 is 2. The molecular formula is C21H26N2O3. The first-order valence-corrected chi connectivity index (χ1v) is 8.89. The van der Waals surface area contributed by atoms with Crippen molar-refractivity contribution in [1.82, 2.24) is 0 Å². The van der Waals surface area contributed by atoms with Crippen LogP contribution >= 0.6 is 0 Å². The average molecular weight is 354 g/mol. The molecule has 2 aromatic carbocycles. The Hall–Kier alpha value is -2.37. The van der Waals surface area contributed by atoms with Crippen LogP contribution in [0.4, 0.5) is 11.4 Å². The molecule has 1 aliphatic rings. The van der Waals surface area contributed by atoms with E-state index in [0.717, 1.165) is 29.9 Å². The van der Waals surface area contributed by atoms with E-state index in [9.17, 15) is 4.79 Å². The molecule has 0 atom stereocenters. The number of carbonyl (C=O) groups is 1. The van der Waals surface area contributed by atoms with Crippen LogP contribution < -0.4 is 10.2 Å². The number of rotatable bonds is 7. The molecule has 0 aromatic heterocycles. The van der Waals surface area contributed by atoms with Crippen molar-refractivity contribution in [2.24, 2.45) is 0 Å². The average Bonchev–Trinajstić information content (AvgIpc) is 3.06. The summed E-state index contributed by atoms with van der Waals surface area (Å²) in [7, 11) is 3.22. The number of fused-ring (bicyclic) bond motifs is 1. The van der Waals surface area contributed by atoms with Gasteiger partial charge in [0.25, 0.3) is 0 Å². The SMILES string of the molecule is COC(CNc1cccc(CC(=O)N2CCc3cc(C)ccc32)c1)OC. The minimum atomic E-state index is -0.301. The molecule has 0 saturated heterocycles. The van der Waals surface area contributed by atoms with E-state index in [0.29, 0.717) is 13.0 Å². The van der Waals surface area contributed by atoms with Gasteiger partial charge in [0.1, 0.15) is 0 Å². The molecule has 1 amide bonds. The van der Waals surface area contributed by atoms with Gasteiger partial charge in [-0.1, -0.05) is 29.8 Å². The highest BCUT2D eigenvalue weighted by Gasteiger charge is 2.24. The molecule has 0 aliphatic carbocycles. The summed E-state index contributed by atoms with van der Waals surface area (Å²) in [5.74, 6) is 0.136. The molecule has 0 bridgehead atoms. The third-order valence-electron chi connectivity index (χ3n) is 4.71. The van der Waals surface area contributed by atoms with E-state index >= 15 is 0 Å². The first-order valence-electron chi connectivity index (χ1n) is 8.89. The van der Waals surface area contributed by atoms with E-state index < -0.39 is 0 Å². The van der Waals surface area contributed by atoms with Crippen LogP contribution in [0.15, 0.2) is 42.5 Å². The summed E-state index contributed by atoms with van der Waals surface area (Å²) in [6, 6.07) is 14.2. The van der Waals surface area contributed by atoms with Crippen LogP contribution in [0.3, 0.4) is 0 Å². The van der Waals surface area contributed by atoms with Crippen molar-refractivity contribution in [3.05, 3.63) is 59.2 Å². The fourth-order valence-electron chi connectivity index (χ4n) is 3.31. The molecule has 3 rings (SSSR count). The van der Waals surface area contributed by atoms with Gasteiger partial charge in [-0.15, -0.1) is 0 Å². The van der Waals surface area contributed by atoms with Crippen LogP contribution in [0.2, 0.25) is 0 Å². The lowest BCUT2D eigenvalue weighted by molar-refractivity contribution is -0.117. The van der Waals surface area contributed by atoms with Crippen LogP contribution in [0.1, 0.15) is 16.7 Å². The predicted molar refractivity (Wildman–Crippen MR) is 104 cm³/mol. The second-order valence-corrected chi connectivity index (χ2v) is 6.59. The Bertz CT molecular complexity index is 772. The van der Waals surface area contributed by atoms with Crippen molar-refractivity contribution in [3.8, 4) is 0 Å². The van der Waals surface area contributed by atoms with E-state index in [2.05, 4.69) is 30.4 Å². The van der Waals surface area contributed by atoms with Gasteiger partial charge in [-0.2, -0.15) is 0 Å². The molecule has 1 N–H and O–H groups in total. The Kier molecular flexibility index (Phi) is 5.91. The van der Waals surface area contributed by atoms with Gasteiger partial charge in [0.05, 0.1) is 13.0 Å². The molecule has 1 heterocycles. The zero-order valence-electron chi connectivity index (χ0n) is 15.6. The number of nitrogens with zero attached hydrogens (tertiary/aromatic N) is 1. The van der Waals surface area contributed by atoms with Crippen LogP contribution in [0.5, 0.6) is 0 Å². The van der Waals surface area contributed by atoms with Gasteiger partial charge >= 0.3 is 0 Å². The highest BCUT2D eigenvalue weighted by Crippen LogP contribution is 2.29. The normalized spacial score (nSPS) is 13.2. The molecule has 138 valence electrons. The lowest BCUT2D eigenvalue weighted by Crippen LogP contribution is -2.30. The zero-order chi connectivity index (χ0) is 18.5. The molecule has 5 nitrogen and oxygen atoms in total. The number of anilines is 2. The van der Waals surface area contributed by atoms with E-state index in [4.69, 9.17) is 9.47 Å². The number of amides is 1. The minimum absolute atomic E-state index is 0.136. The second-order valence-electron chi connectivity index (χ2n) is 6.59. The van der Waals surface area contributed by atoms with E-state index in [1.165, 1.54) is 11.1 Å². The van der Waals surface area contributed by atoms with Crippen molar-refractivity contribution >= 4 is 17.3 Å². The maximum Gasteiger partial charge on any atom is 0.231 e. The Balaban J connectivity index is 1.64. The highest BCUT2D eigenvalue weighted by atomic mass is 16.7. The number of nitrogens with one attached hydrogen (secondary N) is 1. The number of hydrogen-bond donors (Lipinski definition) is 1. The first-order chi connectivity index (χ1) is 12.6. The van der Waals surface area contributed by atoms with Crippen molar-refractivity contribution in [3.63, 3.8) is 0 Å². The highest BCUT2D eigenvalue weighted by molar-refractivity contribution is 5.96. The number of hydrogen-bond acceptors (Lipinski definition) is 4. The van der Waals surface area contributed by atoms with E-state index in [1.54, 1.807) is 14.2 Å². The predicted octanol–water partition coefficient (Wildman–Crippen LogP) is 3.16. The molecule has 0 spiro atoms. The van der Waals surface area contributed by atoms with Gasteiger partial charge in [0.2, 0.25) is 5.91 Å². The van der Waals surface area contributed by atoms with E-state index in [1.807, 2.05) is 29.2 Å². The van der Waals surface area contributed by atoms with Crippen LogP contribution in [-0.4, -0.2) is 39.5 Å². The first kappa shape index (κ1) is 18.4. The fourth-order valence-corrected chi connectivity index (χ4v) is 3.31. The Morgan fingerprint density at radius 2 is 2.00 bits per heavy atom. The van der Waals surface area contributed by atoms with Crippen molar-refractivity contribution < 1.29 is 14.3 Å². The van der Waals surface area contributed by atoms with Crippen molar-refractivity contribution in [2.45, 2.75) is 26.1 Å². The summed E-state index contributed by atoms with van der Waals surface area (Å²) in [5.41, 5.74) is 5.50. The smallest absolute Gasteiger partial charge is 0.231 e. The van der Waals surface area contributed by atoms with Gasteiger partial charge in [-0.25, -0.2) is 0 Å². The zero-order valence-corrected chi connectivity index (χ0v) is 15.6. The molecule has 2 aromatic rings. The van der Waals surface area contributed by atoms with Gasteiger partial charge in [0, 0.05) is 32.1 Å². The van der Waals surface area contributed by atoms with Crippen molar-refractivity contribution in [2.75, 3.05) is 37.5 Å². The number of benzene rings is 2. The number of carbonyl (C=O) groups excluding carboxylic acids is 1. The summed E-state index contributed by atoms with van der Waals surface area (Å²) < 4.78 is 10.4. The largest absolute Gasteiger partial charge is 0.380 e. The van der Waals surface area contributed by atoms with Crippen LogP contribution in [-0.2, 0) is 27.1 Å². The van der Waals surface area contributed by atoms with E-state index in [-0.39, 0.29) is 12.2 Å². The molecule has 0 saturated carbocycles. The molecule has 0 unspecified atom stereocenters. The van der Waals surface area contributed by atoms with Gasteiger partial charge in [-0.05, 0) is 42.7 Å². The molecular weight excluding hydrogens is 328 g/mol. The standard InChI is InChI=1S/C21H26N2O3/c1-15-7-8-19-17(11-15)9-10-23(19)20(24)13-16-5-4-6-18(12-16)22-14-21(25-2)26-3/h4-8,11-12,21-22H,9-10,13-14H2,1-3H3. The quantitative estimate of drug-likeness (QED) is 0.776. The van der Waals surface area contributed by atoms with Gasteiger partial charge in [-0.3, -0.25) is 4.79 Å². The third kappa shape index (κ3) is 4.23. The lowest BCUT2D eigenvalue weighted by atomic mass is 10.1. The summed E-state index contributed by atoms with van der Waals surface area (Å²) in [6.07, 6.45) is 1.02. The van der Waals surface area contributed by atoms with Gasteiger partial charge < -0.3 is 19.7 Å². The third-order valence-corrected chi connectivity index (χ3v) is 4.71. The van der Waals surface area contributed by atoms with Crippen LogP contribution in [0.25, 0.3) is 0 Å². The summed E-state index contributed by atoms with van der Waals surface area (Å²) in [4.78, 5) is 14.7. The minimum Gasteiger partial charge on any atom is -0.380 e. The number of aryl methyl sites for hydroxylation is 1. The molecule has 0 fully saturated rings. The maximum atomic E-state index is 12.8. The van der Waals surface area contributed by atoms with Crippen molar-refractivity contribution in [1.29, 1.82) is 0 Å². The fraction of sp³-hybridized carbons (Fsp3) is 0.381. The second kappa shape index (κ2) is 8.34. The topological polar surface area (TPSA) is 50.8 Å².